The maximum absolute atomic E-state index is 13.1. The van der Waals surface area contributed by atoms with E-state index in [0.29, 0.717) is 24.3 Å². The van der Waals surface area contributed by atoms with Gasteiger partial charge in [-0.2, -0.15) is 0 Å². The number of rotatable bonds is 7. The quantitative estimate of drug-likeness (QED) is 0.425. The Morgan fingerprint density at radius 3 is 2.40 bits per heavy atom. The second-order valence-electron chi connectivity index (χ2n) is 12.3. The third kappa shape index (κ3) is 6.38. The minimum absolute atomic E-state index is 0.0577. The first-order valence-corrected chi connectivity index (χ1v) is 14.3. The zero-order valence-corrected chi connectivity index (χ0v) is 25.2. The molecule has 2 aliphatic rings. The first-order chi connectivity index (χ1) is 20.3. The summed E-state index contributed by atoms with van der Waals surface area (Å²) in [5, 5.41) is 5.83. The molecule has 10 nitrogen and oxygen atoms in total. The van der Waals surface area contributed by atoms with Gasteiger partial charge in [-0.1, -0.05) is 36.4 Å². The Kier molecular flexibility index (Phi) is 7.96. The van der Waals surface area contributed by atoms with E-state index in [2.05, 4.69) is 15.6 Å². The second kappa shape index (κ2) is 11.5. The van der Waals surface area contributed by atoms with Crippen molar-refractivity contribution in [2.45, 2.75) is 64.6 Å². The Balaban J connectivity index is 1.24. The van der Waals surface area contributed by atoms with Crippen LogP contribution in [0.2, 0.25) is 0 Å². The molecule has 0 bridgehead atoms. The molecule has 1 unspecified atom stereocenters. The number of fused-ring (bicyclic) bond motifs is 3. The molecule has 0 radical (unpaired) electrons. The highest BCUT2D eigenvalue weighted by molar-refractivity contribution is 6.06. The van der Waals surface area contributed by atoms with E-state index < -0.39 is 17.1 Å². The van der Waals surface area contributed by atoms with Crippen molar-refractivity contribution in [3.05, 3.63) is 88.6 Å². The van der Waals surface area contributed by atoms with Crippen molar-refractivity contribution in [1.29, 1.82) is 0 Å². The summed E-state index contributed by atoms with van der Waals surface area (Å²) in [6.07, 6.45) is 2.31. The Hall–Kier alpha value is -4.73. The molecule has 0 saturated heterocycles. The van der Waals surface area contributed by atoms with E-state index in [1.165, 1.54) is 16.7 Å². The largest absolute Gasteiger partial charge is 0.444 e. The molecule has 1 aliphatic carbocycles. The molecule has 4 amide bonds. The van der Waals surface area contributed by atoms with Gasteiger partial charge in [0.1, 0.15) is 18.0 Å². The third-order valence-electron chi connectivity index (χ3n) is 7.84. The van der Waals surface area contributed by atoms with E-state index >= 15 is 0 Å². The van der Waals surface area contributed by atoms with Crippen LogP contribution in [0.5, 0.6) is 0 Å². The normalized spacial score (nSPS) is 16.7. The number of pyridine rings is 1. The number of carbonyl (C=O) groups excluding carboxylic acids is 4. The van der Waals surface area contributed by atoms with Crippen LogP contribution in [0.15, 0.2) is 60.8 Å². The van der Waals surface area contributed by atoms with Gasteiger partial charge in [-0.15, -0.1) is 0 Å². The summed E-state index contributed by atoms with van der Waals surface area (Å²) in [7, 11) is 1.66. The summed E-state index contributed by atoms with van der Waals surface area (Å²) in [4.78, 5) is 58.5. The molecule has 43 heavy (non-hydrogen) atoms. The summed E-state index contributed by atoms with van der Waals surface area (Å²) in [6, 6.07) is 17.0. The van der Waals surface area contributed by atoms with Gasteiger partial charge in [0.2, 0.25) is 17.7 Å². The third-order valence-corrected chi connectivity index (χ3v) is 7.84. The lowest BCUT2D eigenvalue weighted by atomic mass is 9.79. The second-order valence-corrected chi connectivity index (χ2v) is 12.3. The lowest BCUT2D eigenvalue weighted by Crippen LogP contribution is -2.37. The lowest BCUT2D eigenvalue weighted by Gasteiger charge is -2.26. The molecule has 0 fully saturated rings. The highest BCUT2D eigenvalue weighted by Gasteiger charge is 2.51. The van der Waals surface area contributed by atoms with E-state index in [9.17, 15) is 19.2 Å². The fourth-order valence-electron chi connectivity index (χ4n) is 5.73. The summed E-state index contributed by atoms with van der Waals surface area (Å²) >= 11 is 0. The number of nitrogens with zero attached hydrogens (tertiary/aromatic N) is 3. The minimum atomic E-state index is -0.690. The zero-order chi connectivity index (χ0) is 30.9. The van der Waals surface area contributed by atoms with Gasteiger partial charge >= 0.3 is 6.09 Å². The number of hydrogen-bond acceptors (Lipinski definition) is 6. The van der Waals surface area contributed by atoms with Crippen LogP contribution < -0.4 is 10.6 Å². The van der Waals surface area contributed by atoms with Gasteiger partial charge in [0.25, 0.3) is 0 Å². The van der Waals surface area contributed by atoms with Gasteiger partial charge in [0, 0.05) is 44.5 Å². The van der Waals surface area contributed by atoms with Crippen molar-refractivity contribution in [3.8, 4) is 0 Å². The molecule has 1 atom stereocenters. The van der Waals surface area contributed by atoms with Gasteiger partial charge in [-0.05, 0) is 74.1 Å². The Bertz CT molecular complexity index is 1600. The maximum atomic E-state index is 13.1. The highest BCUT2D eigenvalue weighted by Crippen LogP contribution is 2.46. The molecule has 1 aliphatic heterocycles. The fourth-order valence-corrected chi connectivity index (χ4v) is 5.73. The van der Waals surface area contributed by atoms with E-state index in [1.807, 2.05) is 75.4 Å². The Labute approximate surface area is 251 Å². The summed E-state index contributed by atoms with van der Waals surface area (Å²) in [6.45, 7) is 7.21. The van der Waals surface area contributed by atoms with Gasteiger partial charge in [-0.25, -0.2) is 9.78 Å². The first-order valence-electron chi connectivity index (χ1n) is 14.3. The standard InChI is InChI=1S/C33H37N5O5/c1-21(39)38(19-24-10-7-6-9-23(24)18-37(5)31(42)43-32(2,3)4)20-28(40)35-26-13-12-22-16-33(17-25(22)15-26)27-11-8-14-34-29(27)36-30(33)41/h6-15H,16-20H2,1-5H3,(H,35,40)(H,34,36,41). The van der Waals surface area contributed by atoms with Crippen LogP contribution in [0.1, 0.15) is 55.5 Å². The van der Waals surface area contributed by atoms with Crippen LogP contribution in [0.25, 0.3) is 0 Å². The number of carbonyl (C=O) groups is 4. The van der Waals surface area contributed by atoms with Gasteiger partial charge in [-0.3, -0.25) is 14.4 Å². The van der Waals surface area contributed by atoms with E-state index in [1.54, 1.807) is 13.2 Å². The van der Waals surface area contributed by atoms with Crippen LogP contribution in [0.3, 0.4) is 0 Å². The van der Waals surface area contributed by atoms with Crippen molar-refractivity contribution >= 4 is 35.3 Å². The first kappa shape index (κ1) is 29.8. The highest BCUT2D eigenvalue weighted by atomic mass is 16.6. The molecule has 2 aromatic carbocycles. The number of aromatic nitrogens is 1. The van der Waals surface area contributed by atoms with Gasteiger partial charge in [0.05, 0.1) is 5.41 Å². The van der Waals surface area contributed by atoms with Crippen LogP contribution in [0, 0.1) is 0 Å². The number of benzene rings is 2. The van der Waals surface area contributed by atoms with E-state index in [0.717, 1.165) is 27.8 Å². The van der Waals surface area contributed by atoms with Crippen LogP contribution in [0.4, 0.5) is 16.3 Å². The Morgan fingerprint density at radius 1 is 1.00 bits per heavy atom. The zero-order valence-electron chi connectivity index (χ0n) is 25.2. The van der Waals surface area contributed by atoms with Gasteiger partial charge in [0.15, 0.2) is 0 Å². The van der Waals surface area contributed by atoms with Crippen molar-refractivity contribution in [2.24, 2.45) is 0 Å². The molecule has 224 valence electrons. The molecule has 2 heterocycles. The van der Waals surface area contributed by atoms with Crippen LogP contribution in [-0.2, 0) is 50.5 Å². The number of hydrogen-bond donors (Lipinski definition) is 2. The Morgan fingerprint density at radius 2 is 1.70 bits per heavy atom. The molecule has 2 N–H and O–H groups in total. The van der Waals surface area contributed by atoms with Crippen molar-refractivity contribution in [1.82, 2.24) is 14.8 Å². The summed E-state index contributed by atoms with van der Waals surface area (Å²) < 4.78 is 5.46. The molecule has 1 spiro atoms. The topological polar surface area (TPSA) is 121 Å². The molecule has 10 heteroatoms. The van der Waals surface area contributed by atoms with Crippen molar-refractivity contribution in [3.63, 3.8) is 0 Å². The molecular formula is C33H37N5O5. The molecule has 5 rings (SSSR count). The van der Waals surface area contributed by atoms with Crippen LogP contribution >= 0.6 is 0 Å². The minimum Gasteiger partial charge on any atom is -0.444 e. The van der Waals surface area contributed by atoms with Crippen molar-refractivity contribution in [2.75, 3.05) is 24.2 Å². The summed E-state index contributed by atoms with van der Waals surface area (Å²) in [5.74, 6) is -0.0332. The molecule has 0 saturated carbocycles. The molecule has 1 aromatic heterocycles. The fraction of sp³-hybridized carbons (Fsp3) is 0.364. The predicted octanol–water partition coefficient (Wildman–Crippen LogP) is 4.42. The average Bonchev–Trinajstić information content (AvgIpc) is 3.45. The SMILES string of the molecule is CC(=O)N(CC(=O)Nc1ccc2c(c1)CC1(C2)C(=O)Nc2ncccc21)Cc1ccccc1CN(C)C(=O)OC(C)(C)C. The molecular weight excluding hydrogens is 546 g/mol. The number of anilines is 2. The van der Waals surface area contributed by atoms with E-state index in [-0.39, 0.29) is 37.4 Å². The maximum Gasteiger partial charge on any atom is 0.410 e. The monoisotopic (exact) mass is 583 g/mol. The number of ether oxygens (including phenoxy) is 1. The number of nitrogens with one attached hydrogen (secondary N) is 2. The van der Waals surface area contributed by atoms with Crippen LogP contribution in [-0.4, -0.2) is 57.8 Å². The lowest BCUT2D eigenvalue weighted by molar-refractivity contribution is -0.133. The smallest absolute Gasteiger partial charge is 0.410 e. The predicted molar refractivity (Wildman–Crippen MR) is 162 cm³/mol. The van der Waals surface area contributed by atoms with Crippen molar-refractivity contribution < 1.29 is 23.9 Å². The summed E-state index contributed by atoms with van der Waals surface area (Å²) in [5.41, 5.74) is 3.93. The van der Waals surface area contributed by atoms with Gasteiger partial charge < -0.3 is 25.2 Å². The van der Waals surface area contributed by atoms with E-state index in [4.69, 9.17) is 4.74 Å². The molecule has 3 aromatic rings. The number of amides is 4. The average molecular weight is 584 g/mol.